The van der Waals surface area contributed by atoms with E-state index in [0.717, 1.165) is 13.2 Å². The molecular formula is C14H31NO. The molecule has 0 aliphatic heterocycles. The van der Waals surface area contributed by atoms with Crippen LogP contribution in [0.15, 0.2) is 0 Å². The number of nitrogens with zero attached hydrogens (tertiary/aromatic N) is 1. The first-order chi connectivity index (χ1) is 7.68. The molecule has 0 atom stereocenters. The minimum Gasteiger partial charge on any atom is -0.381 e. The molecular weight excluding hydrogens is 198 g/mol. The Hall–Kier alpha value is -0.0800. The van der Waals surface area contributed by atoms with Crippen LogP contribution in [0, 0.1) is 0 Å². The Morgan fingerprint density at radius 2 is 1.56 bits per heavy atom. The van der Waals surface area contributed by atoms with Gasteiger partial charge in [0.2, 0.25) is 0 Å². The fraction of sp³-hybridized carbons (Fsp3) is 1.00. The van der Waals surface area contributed by atoms with E-state index >= 15 is 0 Å². The molecule has 0 heterocycles. The van der Waals surface area contributed by atoms with Gasteiger partial charge in [-0.05, 0) is 46.7 Å². The molecule has 0 aliphatic carbocycles. The summed E-state index contributed by atoms with van der Waals surface area (Å²) in [6, 6.07) is 0.678. The van der Waals surface area contributed by atoms with Gasteiger partial charge in [-0.3, -0.25) is 0 Å². The smallest absolute Gasteiger partial charge is 0.0466 e. The Balaban J connectivity index is 3.04. The Labute approximate surface area is 102 Å². The van der Waals surface area contributed by atoms with Crippen LogP contribution in [0.4, 0.5) is 0 Å². The van der Waals surface area contributed by atoms with E-state index in [-0.39, 0.29) is 0 Å². The van der Waals surface area contributed by atoms with Crippen molar-refractivity contribution in [2.45, 2.75) is 65.3 Å². The maximum absolute atomic E-state index is 5.53. The van der Waals surface area contributed by atoms with Crippen molar-refractivity contribution in [1.82, 2.24) is 4.90 Å². The molecule has 0 fully saturated rings. The first-order valence-corrected chi connectivity index (χ1v) is 6.96. The van der Waals surface area contributed by atoms with Gasteiger partial charge in [0.15, 0.2) is 0 Å². The molecule has 0 rings (SSSR count). The van der Waals surface area contributed by atoms with Gasteiger partial charge in [0.1, 0.15) is 0 Å². The quantitative estimate of drug-likeness (QED) is 0.501. The van der Waals surface area contributed by atoms with Gasteiger partial charge in [0.05, 0.1) is 0 Å². The zero-order valence-electron chi connectivity index (χ0n) is 11.8. The summed E-state index contributed by atoms with van der Waals surface area (Å²) in [6.07, 6.45) is 7.66. The van der Waals surface area contributed by atoms with Crippen LogP contribution in [0.3, 0.4) is 0 Å². The van der Waals surface area contributed by atoms with Gasteiger partial charge in [-0.15, -0.1) is 0 Å². The summed E-state index contributed by atoms with van der Waals surface area (Å²) < 4.78 is 5.53. The molecule has 0 radical (unpaired) electrons. The van der Waals surface area contributed by atoms with Crippen molar-refractivity contribution in [3.05, 3.63) is 0 Å². The van der Waals surface area contributed by atoms with Crippen LogP contribution >= 0.6 is 0 Å². The van der Waals surface area contributed by atoms with Crippen molar-refractivity contribution in [2.24, 2.45) is 0 Å². The SMILES string of the molecule is CCCCOCCCCCCN(C)C(C)C. The molecule has 0 bridgehead atoms. The summed E-state index contributed by atoms with van der Waals surface area (Å²) in [6.45, 7) is 9.85. The van der Waals surface area contributed by atoms with E-state index in [1.165, 1.54) is 45.1 Å². The van der Waals surface area contributed by atoms with E-state index in [1.54, 1.807) is 0 Å². The molecule has 0 N–H and O–H groups in total. The molecule has 0 aromatic rings. The fourth-order valence-electron chi connectivity index (χ4n) is 1.53. The molecule has 2 nitrogen and oxygen atoms in total. The van der Waals surface area contributed by atoms with E-state index in [0.29, 0.717) is 6.04 Å². The minimum atomic E-state index is 0.678. The minimum absolute atomic E-state index is 0.678. The predicted molar refractivity (Wildman–Crippen MR) is 72.0 cm³/mol. The Bertz CT molecular complexity index is 137. The average molecular weight is 229 g/mol. The van der Waals surface area contributed by atoms with Gasteiger partial charge in [-0.2, -0.15) is 0 Å². The predicted octanol–water partition coefficient (Wildman–Crippen LogP) is 3.70. The van der Waals surface area contributed by atoms with Crippen molar-refractivity contribution in [2.75, 3.05) is 26.8 Å². The maximum Gasteiger partial charge on any atom is 0.0466 e. The summed E-state index contributed by atoms with van der Waals surface area (Å²) in [5, 5.41) is 0. The van der Waals surface area contributed by atoms with Crippen LogP contribution in [-0.2, 0) is 4.74 Å². The Kier molecular flexibility index (Phi) is 11.3. The Morgan fingerprint density at radius 1 is 0.938 bits per heavy atom. The summed E-state index contributed by atoms with van der Waals surface area (Å²) >= 11 is 0. The van der Waals surface area contributed by atoms with Crippen LogP contribution < -0.4 is 0 Å². The lowest BCUT2D eigenvalue weighted by atomic mass is 10.2. The highest BCUT2D eigenvalue weighted by atomic mass is 16.5. The number of unbranched alkanes of at least 4 members (excludes halogenated alkanes) is 4. The van der Waals surface area contributed by atoms with Gasteiger partial charge in [-0.25, -0.2) is 0 Å². The molecule has 0 aromatic heterocycles. The van der Waals surface area contributed by atoms with E-state index in [4.69, 9.17) is 4.74 Å². The van der Waals surface area contributed by atoms with Crippen molar-refractivity contribution < 1.29 is 4.74 Å². The van der Waals surface area contributed by atoms with E-state index in [2.05, 4.69) is 32.7 Å². The van der Waals surface area contributed by atoms with Crippen LogP contribution in [0.5, 0.6) is 0 Å². The lowest BCUT2D eigenvalue weighted by Crippen LogP contribution is -2.27. The van der Waals surface area contributed by atoms with E-state index in [9.17, 15) is 0 Å². The van der Waals surface area contributed by atoms with E-state index in [1.807, 2.05) is 0 Å². The third-order valence-electron chi connectivity index (χ3n) is 3.07. The molecule has 0 aromatic carbocycles. The second-order valence-electron chi connectivity index (χ2n) is 4.95. The largest absolute Gasteiger partial charge is 0.381 e. The maximum atomic E-state index is 5.53. The summed E-state index contributed by atoms with van der Waals surface area (Å²) in [5.41, 5.74) is 0. The third-order valence-corrected chi connectivity index (χ3v) is 3.07. The monoisotopic (exact) mass is 229 g/mol. The topological polar surface area (TPSA) is 12.5 Å². The molecule has 98 valence electrons. The van der Waals surface area contributed by atoms with Crippen molar-refractivity contribution in [3.8, 4) is 0 Å². The van der Waals surface area contributed by atoms with Crippen LogP contribution in [0.1, 0.15) is 59.3 Å². The van der Waals surface area contributed by atoms with Crippen LogP contribution in [0.2, 0.25) is 0 Å². The number of hydrogen-bond donors (Lipinski definition) is 0. The Morgan fingerprint density at radius 3 is 2.19 bits per heavy atom. The normalized spacial score (nSPS) is 11.6. The summed E-state index contributed by atoms with van der Waals surface area (Å²) in [4.78, 5) is 2.41. The molecule has 0 spiro atoms. The highest BCUT2D eigenvalue weighted by Crippen LogP contribution is 2.03. The molecule has 16 heavy (non-hydrogen) atoms. The fourth-order valence-corrected chi connectivity index (χ4v) is 1.53. The first kappa shape index (κ1) is 15.9. The van der Waals surface area contributed by atoms with Gasteiger partial charge < -0.3 is 9.64 Å². The van der Waals surface area contributed by atoms with E-state index < -0.39 is 0 Å². The highest BCUT2D eigenvalue weighted by molar-refractivity contribution is 4.56. The number of hydrogen-bond acceptors (Lipinski definition) is 2. The summed E-state index contributed by atoms with van der Waals surface area (Å²) in [7, 11) is 2.21. The molecule has 0 saturated heterocycles. The van der Waals surface area contributed by atoms with Gasteiger partial charge >= 0.3 is 0 Å². The number of rotatable bonds is 11. The molecule has 2 heteroatoms. The molecule has 0 aliphatic rings. The van der Waals surface area contributed by atoms with Crippen LogP contribution in [-0.4, -0.2) is 37.7 Å². The molecule has 0 saturated carbocycles. The third kappa shape index (κ3) is 10.4. The lowest BCUT2D eigenvalue weighted by molar-refractivity contribution is 0.127. The number of ether oxygens (including phenoxy) is 1. The highest BCUT2D eigenvalue weighted by Gasteiger charge is 2.01. The second kappa shape index (κ2) is 11.4. The van der Waals surface area contributed by atoms with Gasteiger partial charge in [-0.1, -0.05) is 26.2 Å². The van der Waals surface area contributed by atoms with Crippen molar-refractivity contribution in [3.63, 3.8) is 0 Å². The average Bonchev–Trinajstić information content (AvgIpc) is 2.26. The molecule has 0 amide bonds. The lowest BCUT2D eigenvalue weighted by Gasteiger charge is -2.20. The summed E-state index contributed by atoms with van der Waals surface area (Å²) in [5.74, 6) is 0. The molecule has 0 unspecified atom stereocenters. The second-order valence-corrected chi connectivity index (χ2v) is 4.95. The van der Waals surface area contributed by atoms with Crippen molar-refractivity contribution in [1.29, 1.82) is 0 Å². The van der Waals surface area contributed by atoms with Crippen molar-refractivity contribution >= 4 is 0 Å². The first-order valence-electron chi connectivity index (χ1n) is 6.96. The van der Waals surface area contributed by atoms with Gasteiger partial charge in [0.25, 0.3) is 0 Å². The zero-order valence-corrected chi connectivity index (χ0v) is 11.8. The zero-order chi connectivity index (χ0) is 12.2. The van der Waals surface area contributed by atoms with Crippen LogP contribution in [0.25, 0.3) is 0 Å². The standard InChI is InChI=1S/C14H31NO/c1-5-6-12-16-13-10-8-7-9-11-15(4)14(2)3/h14H,5-13H2,1-4H3. The van der Waals surface area contributed by atoms with Gasteiger partial charge in [0, 0.05) is 19.3 Å².